The Labute approximate surface area is 114 Å². The van der Waals surface area contributed by atoms with E-state index in [2.05, 4.69) is 10.3 Å². The van der Waals surface area contributed by atoms with E-state index in [1.54, 1.807) is 11.1 Å². The zero-order valence-electron chi connectivity index (χ0n) is 11.8. The molecule has 2 rings (SSSR count). The van der Waals surface area contributed by atoms with Crippen molar-refractivity contribution in [3.63, 3.8) is 0 Å². The number of aromatic nitrogens is 1. The first-order valence-corrected chi connectivity index (χ1v) is 6.27. The number of amides is 2. The van der Waals surface area contributed by atoms with E-state index in [0.717, 1.165) is 5.56 Å². The summed E-state index contributed by atoms with van der Waals surface area (Å²) >= 11 is 0. The van der Waals surface area contributed by atoms with Gasteiger partial charge in [0.1, 0.15) is 20.1 Å². The molecule has 1 N–H and O–H groups in total. The van der Waals surface area contributed by atoms with Crippen LogP contribution in [0.4, 0.5) is 10.5 Å². The second-order valence-corrected chi connectivity index (χ2v) is 5.67. The molecule has 0 fully saturated rings. The van der Waals surface area contributed by atoms with Gasteiger partial charge in [0.2, 0.25) is 5.88 Å². The number of fused-ring (bicyclic) bond motifs is 1. The minimum absolute atomic E-state index is 0.160. The lowest BCUT2D eigenvalue weighted by molar-refractivity contribution is 0.230. The molecular formula is C13H18BN3O2. The fraction of sp³-hybridized carbons (Fsp3) is 0.538. The number of anilines is 1. The number of hydrogen-bond donors (Lipinski definition) is 1. The maximum Gasteiger partial charge on any atom is 0.322 e. The predicted octanol–water partition coefficient (Wildman–Crippen LogP) is 0.891. The molecule has 2 amide bonds. The van der Waals surface area contributed by atoms with Gasteiger partial charge in [-0.25, -0.2) is 9.78 Å². The number of nitrogens with zero attached hydrogens (tertiary/aromatic N) is 2. The van der Waals surface area contributed by atoms with Gasteiger partial charge in [-0.05, 0) is 33.3 Å². The number of hydrogen-bond acceptors (Lipinski definition) is 3. The number of pyridine rings is 1. The molecule has 1 aliphatic rings. The van der Waals surface area contributed by atoms with Gasteiger partial charge >= 0.3 is 6.03 Å². The minimum Gasteiger partial charge on any atom is -0.474 e. The lowest BCUT2D eigenvalue weighted by Crippen LogP contribution is -2.51. The third-order valence-electron chi connectivity index (χ3n) is 2.86. The van der Waals surface area contributed by atoms with E-state index in [0.29, 0.717) is 30.2 Å². The van der Waals surface area contributed by atoms with Crippen LogP contribution in [0, 0.1) is 6.92 Å². The Hall–Kier alpha value is -1.72. The summed E-state index contributed by atoms with van der Waals surface area (Å²) in [6, 6.07) is -0.160. The molecule has 2 radical (unpaired) electrons. The molecule has 19 heavy (non-hydrogen) atoms. The summed E-state index contributed by atoms with van der Waals surface area (Å²) in [6.45, 7) is 8.61. The molecule has 0 aromatic carbocycles. The van der Waals surface area contributed by atoms with E-state index in [4.69, 9.17) is 12.6 Å². The highest BCUT2D eigenvalue weighted by Crippen LogP contribution is 2.31. The fourth-order valence-corrected chi connectivity index (χ4v) is 1.94. The van der Waals surface area contributed by atoms with Crippen LogP contribution in [0.25, 0.3) is 0 Å². The average Bonchev–Trinajstić information content (AvgIpc) is 2.31. The number of ether oxygens (including phenoxy) is 1. The van der Waals surface area contributed by atoms with E-state index in [-0.39, 0.29) is 11.6 Å². The maximum absolute atomic E-state index is 12.3. The van der Waals surface area contributed by atoms with Crippen molar-refractivity contribution in [2.45, 2.75) is 33.2 Å². The van der Waals surface area contributed by atoms with Crippen molar-refractivity contribution in [2.24, 2.45) is 0 Å². The molecule has 0 saturated heterocycles. The molecular weight excluding hydrogens is 241 g/mol. The lowest BCUT2D eigenvalue weighted by atomic mass is 9.92. The monoisotopic (exact) mass is 259 g/mol. The van der Waals surface area contributed by atoms with Gasteiger partial charge in [-0.15, -0.1) is 0 Å². The van der Waals surface area contributed by atoms with Gasteiger partial charge in [0.15, 0.2) is 0 Å². The smallest absolute Gasteiger partial charge is 0.322 e. The van der Waals surface area contributed by atoms with Crippen molar-refractivity contribution < 1.29 is 9.53 Å². The van der Waals surface area contributed by atoms with Crippen LogP contribution >= 0.6 is 0 Å². The molecule has 5 nitrogen and oxygen atoms in total. The van der Waals surface area contributed by atoms with Gasteiger partial charge in [0, 0.05) is 11.7 Å². The summed E-state index contributed by atoms with van der Waals surface area (Å²) in [5.74, 6) is 0.460. The van der Waals surface area contributed by atoms with E-state index in [9.17, 15) is 4.79 Å². The van der Waals surface area contributed by atoms with Crippen LogP contribution in [-0.2, 0) is 0 Å². The van der Waals surface area contributed by atoms with Gasteiger partial charge in [-0.1, -0.05) is 5.46 Å². The average molecular weight is 259 g/mol. The Morgan fingerprint density at radius 3 is 2.84 bits per heavy atom. The highest BCUT2D eigenvalue weighted by molar-refractivity contribution is 6.33. The molecule has 100 valence electrons. The number of carbonyl (C=O) groups is 1. The van der Waals surface area contributed by atoms with E-state index in [1.807, 2.05) is 27.7 Å². The largest absolute Gasteiger partial charge is 0.474 e. The van der Waals surface area contributed by atoms with Crippen molar-refractivity contribution in [1.82, 2.24) is 10.3 Å². The molecule has 0 aliphatic carbocycles. The number of nitrogens with one attached hydrogen (secondary N) is 1. The molecule has 0 atom stereocenters. The van der Waals surface area contributed by atoms with Gasteiger partial charge in [-0.3, -0.25) is 4.90 Å². The molecule has 1 aromatic rings. The quantitative estimate of drug-likeness (QED) is 0.704. The summed E-state index contributed by atoms with van der Waals surface area (Å²) in [5, 5.41) is 2.94. The topological polar surface area (TPSA) is 54.5 Å². The molecule has 0 saturated carbocycles. The maximum atomic E-state index is 12.3. The molecule has 0 unspecified atom stereocenters. The SMILES string of the molecule is [B]c1cnc2c(c1C)N(C(=O)NC(C)(C)C)CCO2. The minimum atomic E-state index is -0.294. The van der Waals surface area contributed by atoms with Crippen molar-refractivity contribution >= 4 is 25.0 Å². The van der Waals surface area contributed by atoms with Crippen LogP contribution in [-0.4, -0.2) is 37.6 Å². The number of rotatable bonds is 0. The van der Waals surface area contributed by atoms with Gasteiger partial charge in [0.25, 0.3) is 0 Å². The van der Waals surface area contributed by atoms with Crippen molar-refractivity contribution in [3.05, 3.63) is 11.8 Å². The van der Waals surface area contributed by atoms with E-state index >= 15 is 0 Å². The summed E-state index contributed by atoms with van der Waals surface area (Å²) in [4.78, 5) is 18.1. The summed E-state index contributed by atoms with van der Waals surface area (Å²) < 4.78 is 5.48. The first-order valence-electron chi connectivity index (χ1n) is 6.27. The van der Waals surface area contributed by atoms with Crippen LogP contribution in [0.15, 0.2) is 6.20 Å². The van der Waals surface area contributed by atoms with Crippen molar-refractivity contribution in [3.8, 4) is 5.88 Å². The Morgan fingerprint density at radius 2 is 2.21 bits per heavy atom. The zero-order chi connectivity index (χ0) is 14.2. The Balaban J connectivity index is 2.37. The third-order valence-corrected chi connectivity index (χ3v) is 2.86. The van der Waals surface area contributed by atoms with E-state index < -0.39 is 0 Å². The van der Waals surface area contributed by atoms with Gasteiger partial charge < -0.3 is 10.1 Å². The highest BCUT2D eigenvalue weighted by Gasteiger charge is 2.29. The van der Waals surface area contributed by atoms with Crippen LogP contribution in [0.2, 0.25) is 0 Å². The summed E-state index contributed by atoms with van der Waals surface area (Å²) in [7, 11) is 5.86. The van der Waals surface area contributed by atoms with Crippen LogP contribution in [0.1, 0.15) is 26.3 Å². The highest BCUT2D eigenvalue weighted by atomic mass is 16.5. The first-order chi connectivity index (χ1) is 8.79. The normalized spacial score (nSPS) is 14.6. The summed E-state index contributed by atoms with van der Waals surface area (Å²) in [6.07, 6.45) is 1.55. The molecule has 1 aliphatic heterocycles. The van der Waals surface area contributed by atoms with E-state index in [1.165, 1.54) is 0 Å². The van der Waals surface area contributed by atoms with Crippen LogP contribution in [0.5, 0.6) is 5.88 Å². The molecule has 0 bridgehead atoms. The molecule has 2 heterocycles. The van der Waals surface area contributed by atoms with Gasteiger partial charge in [-0.2, -0.15) is 0 Å². The summed E-state index contributed by atoms with van der Waals surface area (Å²) in [5.41, 5.74) is 1.73. The number of carbonyl (C=O) groups excluding carboxylic acids is 1. The third kappa shape index (κ3) is 2.83. The molecule has 1 aromatic heterocycles. The van der Waals surface area contributed by atoms with Gasteiger partial charge in [0.05, 0.1) is 6.54 Å². The molecule has 0 spiro atoms. The molecule has 6 heteroatoms. The van der Waals surface area contributed by atoms with Crippen LogP contribution < -0.4 is 20.4 Å². The number of urea groups is 1. The first kappa shape index (κ1) is 13.7. The lowest BCUT2D eigenvalue weighted by Gasteiger charge is -2.33. The second-order valence-electron chi connectivity index (χ2n) is 5.67. The second kappa shape index (κ2) is 4.76. The standard InChI is InChI=1S/C13H18BN3O2/c1-8-9(14)7-15-11-10(8)17(5-6-19-11)12(18)16-13(2,3)4/h7H,5-6H2,1-4H3,(H,16,18). The Morgan fingerprint density at radius 1 is 1.53 bits per heavy atom. The van der Waals surface area contributed by atoms with Crippen molar-refractivity contribution in [1.29, 1.82) is 0 Å². The Kier molecular flexibility index (Phi) is 3.43. The van der Waals surface area contributed by atoms with Crippen LogP contribution in [0.3, 0.4) is 0 Å². The Bertz CT molecular complexity index is 511. The van der Waals surface area contributed by atoms with Crippen molar-refractivity contribution in [2.75, 3.05) is 18.1 Å². The predicted molar refractivity (Wildman–Crippen MR) is 75.5 cm³/mol. The zero-order valence-corrected chi connectivity index (χ0v) is 11.8. The fourth-order valence-electron chi connectivity index (χ4n) is 1.94.